The van der Waals surface area contributed by atoms with Crippen molar-refractivity contribution in [1.29, 1.82) is 0 Å². The topological polar surface area (TPSA) is 114 Å². The Labute approximate surface area is 181 Å². The highest BCUT2D eigenvalue weighted by Crippen LogP contribution is 2.22. The molecule has 31 heavy (non-hydrogen) atoms. The van der Waals surface area contributed by atoms with Crippen molar-refractivity contribution in [2.24, 2.45) is 0 Å². The molecule has 2 N–H and O–H groups in total. The predicted molar refractivity (Wildman–Crippen MR) is 118 cm³/mol. The van der Waals surface area contributed by atoms with E-state index in [9.17, 15) is 0 Å². The van der Waals surface area contributed by atoms with Gasteiger partial charge in [-0.2, -0.15) is 18.2 Å². The minimum Gasteiger partial charge on any atom is -0.461 e. The number of aromatic nitrogens is 6. The smallest absolute Gasteiger partial charge is 0.225 e. The summed E-state index contributed by atoms with van der Waals surface area (Å²) in [6.07, 6.45) is 1.60. The van der Waals surface area contributed by atoms with Crippen molar-refractivity contribution in [2.45, 2.75) is 6.54 Å². The lowest BCUT2D eigenvalue weighted by Gasteiger charge is -2.35. The minimum absolute atomic E-state index is 0.311. The maximum absolute atomic E-state index is 6.17. The molecule has 11 heteroatoms. The van der Waals surface area contributed by atoms with Gasteiger partial charge in [0.1, 0.15) is 16.9 Å². The Bertz CT molecular complexity index is 1350. The van der Waals surface area contributed by atoms with Gasteiger partial charge in [-0.05, 0) is 29.8 Å². The number of furan rings is 1. The molecule has 6 rings (SSSR count). The van der Waals surface area contributed by atoms with E-state index in [2.05, 4.69) is 45.7 Å². The lowest BCUT2D eigenvalue weighted by molar-refractivity contribution is 0.249. The molecular weight excluding hydrogens is 414 g/mol. The molecule has 156 valence electrons. The van der Waals surface area contributed by atoms with Crippen molar-refractivity contribution in [3.8, 4) is 11.6 Å². The molecule has 0 atom stereocenters. The molecule has 0 saturated carbocycles. The molecule has 10 nitrogen and oxygen atoms in total. The number of hydrogen-bond acceptors (Lipinski definition) is 10. The molecule has 1 aliphatic heterocycles. The fourth-order valence-corrected chi connectivity index (χ4v) is 4.41. The largest absolute Gasteiger partial charge is 0.461 e. The summed E-state index contributed by atoms with van der Waals surface area (Å²) in [7, 11) is 0. The van der Waals surface area contributed by atoms with E-state index < -0.39 is 0 Å². The highest BCUT2D eigenvalue weighted by atomic mass is 32.1. The summed E-state index contributed by atoms with van der Waals surface area (Å²) in [5.74, 6) is 2.22. The van der Waals surface area contributed by atoms with Gasteiger partial charge in [-0.3, -0.25) is 4.90 Å². The number of rotatable bonds is 4. The Morgan fingerprint density at radius 1 is 1.00 bits per heavy atom. The van der Waals surface area contributed by atoms with Crippen molar-refractivity contribution < 1.29 is 4.42 Å². The SMILES string of the molecule is Nc1nc(N2CCN(Cc3ccc4nsnc4c3)CC2)cc2nc(-c3ccco3)nn12. The fourth-order valence-electron chi connectivity index (χ4n) is 3.89. The van der Waals surface area contributed by atoms with Crippen LogP contribution in [0.5, 0.6) is 0 Å². The standard InChI is InChI=1S/C20H19N9OS/c21-20-23-17(11-18-22-19(24-29(18)20)16-2-1-9-30-16)28-7-5-27(6-8-28)12-13-3-4-14-15(10-13)26-31-25-14/h1-4,9-11H,5-8,12H2,(H2,21,23). The summed E-state index contributed by atoms with van der Waals surface area (Å²) in [6, 6.07) is 11.9. The van der Waals surface area contributed by atoms with Crippen molar-refractivity contribution in [3.05, 3.63) is 48.2 Å². The van der Waals surface area contributed by atoms with E-state index in [1.807, 2.05) is 18.2 Å². The molecule has 1 saturated heterocycles. The molecule has 0 radical (unpaired) electrons. The third-order valence-electron chi connectivity index (χ3n) is 5.50. The van der Waals surface area contributed by atoms with Crippen molar-refractivity contribution in [1.82, 2.24) is 33.2 Å². The Kier molecular flexibility index (Phi) is 4.28. The first-order valence-electron chi connectivity index (χ1n) is 9.99. The first-order valence-corrected chi connectivity index (χ1v) is 10.7. The third kappa shape index (κ3) is 3.37. The second-order valence-corrected chi connectivity index (χ2v) is 8.03. The Morgan fingerprint density at radius 2 is 1.87 bits per heavy atom. The van der Waals surface area contributed by atoms with Gasteiger partial charge in [0.15, 0.2) is 11.4 Å². The van der Waals surface area contributed by atoms with Crippen LogP contribution in [0, 0.1) is 0 Å². The first kappa shape index (κ1) is 18.2. The van der Waals surface area contributed by atoms with Gasteiger partial charge in [-0.15, -0.1) is 5.10 Å². The number of fused-ring (bicyclic) bond motifs is 2. The third-order valence-corrected chi connectivity index (χ3v) is 6.06. The molecule has 0 amide bonds. The molecule has 1 aromatic carbocycles. The normalized spacial score (nSPS) is 15.3. The Balaban J connectivity index is 1.17. The van der Waals surface area contributed by atoms with Gasteiger partial charge in [0.05, 0.1) is 18.0 Å². The van der Waals surface area contributed by atoms with Crippen molar-refractivity contribution in [3.63, 3.8) is 0 Å². The van der Waals surface area contributed by atoms with E-state index in [-0.39, 0.29) is 0 Å². The predicted octanol–water partition coefficient (Wildman–Crippen LogP) is 2.29. The van der Waals surface area contributed by atoms with Gasteiger partial charge in [0.25, 0.3) is 0 Å². The van der Waals surface area contributed by atoms with Crippen LogP contribution >= 0.6 is 11.7 Å². The van der Waals surface area contributed by atoms with Crippen LogP contribution in [0.2, 0.25) is 0 Å². The number of nitrogens with zero attached hydrogens (tertiary/aromatic N) is 8. The van der Waals surface area contributed by atoms with Gasteiger partial charge in [0, 0.05) is 38.8 Å². The number of nitrogen functional groups attached to an aromatic ring is 1. The summed E-state index contributed by atoms with van der Waals surface area (Å²) in [6.45, 7) is 4.49. The van der Waals surface area contributed by atoms with Crippen LogP contribution in [0.1, 0.15) is 5.56 Å². The summed E-state index contributed by atoms with van der Waals surface area (Å²) in [5, 5.41) is 4.41. The second-order valence-electron chi connectivity index (χ2n) is 7.51. The summed E-state index contributed by atoms with van der Waals surface area (Å²) < 4.78 is 15.5. The average molecular weight is 434 g/mol. The van der Waals surface area contributed by atoms with Crippen LogP contribution in [0.15, 0.2) is 47.1 Å². The maximum Gasteiger partial charge on any atom is 0.225 e. The van der Waals surface area contributed by atoms with Crippen molar-refractivity contribution >= 4 is 40.2 Å². The Hall–Kier alpha value is -3.57. The Morgan fingerprint density at radius 3 is 2.71 bits per heavy atom. The summed E-state index contributed by atoms with van der Waals surface area (Å²) in [5.41, 5.74) is 10.0. The summed E-state index contributed by atoms with van der Waals surface area (Å²) >= 11 is 1.25. The van der Waals surface area contributed by atoms with Gasteiger partial charge in [-0.25, -0.2) is 4.98 Å². The van der Waals surface area contributed by atoms with Crippen molar-refractivity contribution in [2.75, 3.05) is 36.8 Å². The van der Waals surface area contributed by atoms with Crippen LogP contribution < -0.4 is 10.6 Å². The van der Waals surface area contributed by atoms with Crippen LogP contribution in [0.3, 0.4) is 0 Å². The zero-order valence-electron chi connectivity index (χ0n) is 16.5. The average Bonchev–Trinajstić information content (AvgIpc) is 3.54. The van der Waals surface area contributed by atoms with Crippen LogP contribution in [-0.2, 0) is 6.54 Å². The molecule has 0 spiro atoms. The quantitative estimate of drug-likeness (QED) is 0.456. The van der Waals surface area contributed by atoms with Gasteiger partial charge in [-0.1, -0.05) is 6.07 Å². The lowest BCUT2D eigenvalue weighted by atomic mass is 10.1. The molecule has 5 aromatic rings. The highest BCUT2D eigenvalue weighted by molar-refractivity contribution is 7.00. The molecule has 0 bridgehead atoms. The molecule has 0 unspecified atom stereocenters. The van der Waals surface area contributed by atoms with E-state index in [0.717, 1.165) is 49.6 Å². The molecular formula is C20H19N9OS. The molecule has 1 aliphatic rings. The minimum atomic E-state index is 0.311. The monoisotopic (exact) mass is 433 g/mol. The highest BCUT2D eigenvalue weighted by Gasteiger charge is 2.21. The number of nitrogens with two attached hydrogens (primary N) is 1. The van der Waals surface area contributed by atoms with Gasteiger partial charge >= 0.3 is 0 Å². The first-order chi connectivity index (χ1) is 15.2. The molecule has 1 fully saturated rings. The maximum atomic E-state index is 6.17. The molecule has 4 aromatic heterocycles. The van der Waals surface area contributed by atoms with Gasteiger partial charge < -0.3 is 15.1 Å². The number of hydrogen-bond donors (Lipinski definition) is 1. The van der Waals surface area contributed by atoms with E-state index in [1.54, 1.807) is 16.8 Å². The number of benzene rings is 1. The second kappa shape index (κ2) is 7.29. The number of piperazine rings is 1. The zero-order valence-corrected chi connectivity index (χ0v) is 17.4. The fraction of sp³-hybridized carbons (Fsp3) is 0.250. The van der Waals surface area contributed by atoms with E-state index in [1.165, 1.54) is 17.3 Å². The van der Waals surface area contributed by atoms with Crippen LogP contribution in [0.25, 0.3) is 28.3 Å². The zero-order chi connectivity index (χ0) is 20.8. The lowest BCUT2D eigenvalue weighted by Crippen LogP contribution is -2.46. The summed E-state index contributed by atoms with van der Waals surface area (Å²) in [4.78, 5) is 13.8. The van der Waals surface area contributed by atoms with Crippen LogP contribution in [0.4, 0.5) is 11.8 Å². The van der Waals surface area contributed by atoms with E-state index in [0.29, 0.717) is 23.2 Å². The molecule has 5 heterocycles. The number of anilines is 2. The van der Waals surface area contributed by atoms with E-state index in [4.69, 9.17) is 10.2 Å². The van der Waals surface area contributed by atoms with Crippen LogP contribution in [-0.4, -0.2) is 59.4 Å². The van der Waals surface area contributed by atoms with Gasteiger partial charge in [0.2, 0.25) is 11.8 Å². The molecule has 0 aliphatic carbocycles. The van der Waals surface area contributed by atoms with E-state index >= 15 is 0 Å².